The maximum Gasteiger partial charge on any atom is 0.232 e. The lowest BCUT2D eigenvalue weighted by Gasteiger charge is -2.07. The SMILES string of the molecule is CCC(=O)c1cccc2c(C=NNC(N)=S)c(Cl)n(C(=O)CC)c12. The van der Waals surface area contributed by atoms with E-state index in [1.165, 1.54) is 10.8 Å². The number of ketones is 1. The second-order valence-electron chi connectivity index (χ2n) is 5.00. The van der Waals surface area contributed by atoms with Crippen LogP contribution in [0.1, 0.15) is 47.4 Å². The van der Waals surface area contributed by atoms with Gasteiger partial charge in [0.2, 0.25) is 5.91 Å². The minimum Gasteiger partial charge on any atom is -0.375 e. The smallest absolute Gasteiger partial charge is 0.232 e. The van der Waals surface area contributed by atoms with Crippen molar-refractivity contribution in [2.24, 2.45) is 10.8 Å². The lowest BCUT2D eigenvalue weighted by atomic mass is 10.0. The number of nitrogens with two attached hydrogens (primary N) is 1. The molecule has 0 fully saturated rings. The number of carbonyl (C=O) groups excluding carboxylic acids is 2. The summed E-state index contributed by atoms with van der Waals surface area (Å²) in [5.41, 5.74) is 9.25. The zero-order valence-electron chi connectivity index (χ0n) is 13.3. The number of thiocarbonyl (C=S) groups is 1. The van der Waals surface area contributed by atoms with Crippen LogP contribution in [0.4, 0.5) is 0 Å². The summed E-state index contributed by atoms with van der Waals surface area (Å²) in [5.74, 6) is -0.270. The number of carbonyl (C=O) groups is 2. The molecule has 3 N–H and O–H groups in total. The predicted octanol–water partition coefficient (Wildman–Crippen LogP) is 3.10. The maximum atomic E-state index is 12.4. The molecule has 1 aromatic carbocycles. The van der Waals surface area contributed by atoms with Crippen molar-refractivity contribution in [3.8, 4) is 0 Å². The Morgan fingerprint density at radius 3 is 2.67 bits per heavy atom. The molecule has 0 amide bonds. The summed E-state index contributed by atoms with van der Waals surface area (Å²) in [5, 5.41) is 4.78. The van der Waals surface area contributed by atoms with Crippen molar-refractivity contribution < 1.29 is 9.59 Å². The molecule has 0 unspecified atom stereocenters. The number of hydrazone groups is 1. The van der Waals surface area contributed by atoms with Crippen LogP contribution < -0.4 is 11.2 Å². The molecule has 0 radical (unpaired) electrons. The first-order valence-corrected chi connectivity index (χ1v) is 8.18. The Morgan fingerprint density at radius 1 is 1.38 bits per heavy atom. The predicted molar refractivity (Wildman–Crippen MR) is 100 cm³/mol. The van der Waals surface area contributed by atoms with Gasteiger partial charge in [-0.2, -0.15) is 5.10 Å². The molecule has 2 aromatic rings. The molecule has 126 valence electrons. The number of para-hydroxylation sites is 1. The van der Waals surface area contributed by atoms with E-state index in [4.69, 9.17) is 29.6 Å². The summed E-state index contributed by atoms with van der Waals surface area (Å²) in [6, 6.07) is 5.23. The Morgan fingerprint density at radius 2 is 2.08 bits per heavy atom. The van der Waals surface area contributed by atoms with Crippen molar-refractivity contribution in [1.29, 1.82) is 0 Å². The van der Waals surface area contributed by atoms with Gasteiger partial charge in [-0.05, 0) is 18.3 Å². The molecule has 0 aliphatic carbocycles. The highest BCUT2D eigenvalue weighted by Gasteiger charge is 2.22. The van der Waals surface area contributed by atoms with E-state index in [1.54, 1.807) is 32.0 Å². The van der Waals surface area contributed by atoms with Gasteiger partial charge in [-0.25, -0.2) is 0 Å². The number of benzene rings is 1. The first kappa shape index (κ1) is 18.1. The quantitative estimate of drug-likeness (QED) is 0.368. The standard InChI is InChI=1S/C16H17ClN4O2S/c1-3-12(22)10-7-5-6-9-11(8-19-20-16(18)24)15(17)21(14(9)10)13(23)4-2/h5-8H,3-4H2,1-2H3,(H3,18,20,24). The normalized spacial score (nSPS) is 11.1. The fraction of sp³-hybridized carbons (Fsp3) is 0.250. The van der Waals surface area contributed by atoms with Crippen LogP contribution >= 0.6 is 23.8 Å². The first-order chi connectivity index (χ1) is 11.4. The van der Waals surface area contributed by atoms with Crippen LogP contribution in [0.5, 0.6) is 0 Å². The van der Waals surface area contributed by atoms with Crippen molar-refractivity contribution in [3.05, 3.63) is 34.5 Å². The monoisotopic (exact) mass is 364 g/mol. The lowest BCUT2D eigenvalue weighted by Crippen LogP contribution is -2.24. The lowest BCUT2D eigenvalue weighted by molar-refractivity contribution is 0.0914. The third-order valence-electron chi connectivity index (χ3n) is 3.51. The number of aromatic nitrogens is 1. The Balaban J connectivity index is 2.79. The Kier molecular flexibility index (Phi) is 5.69. The molecule has 0 aliphatic heterocycles. The maximum absolute atomic E-state index is 12.4. The minimum absolute atomic E-state index is 0.0117. The van der Waals surface area contributed by atoms with E-state index in [2.05, 4.69) is 10.5 Å². The third kappa shape index (κ3) is 3.32. The van der Waals surface area contributed by atoms with Crippen LogP contribution in [-0.4, -0.2) is 27.6 Å². The molecule has 0 saturated heterocycles. The topological polar surface area (TPSA) is 89.5 Å². The van der Waals surface area contributed by atoms with E-state index in [1.807, 2.05) is 0 Å². The largest absolute Gasteiger partial charge is 0.375 e. The number of hydrogen-bond acceptors (Lipinski definition) is 4. The number of nitrogens with one attached hydrogen (secondary N) is 1. The zero-order chi connectivity index (χ0) is 17.9. The molecule has 0 spiro atoms. The van der Waals surface area contributed by atoms with E-state index in [0.29, 0.717) is 28.5 Å². The van der Waals surface area contributed by atoms with Crippen LogP contribution in [0.2, 0.25) is 5.15 Å². The molecule has 2 rings (SSSR count). The van der Waals surface area contributed by atoms with E-state index in [9.17, 15) is 9.59 Å². The Bertz CT molecular complexity index is 857. The van der Waals surface area contributed by atoms with Crippen molar-refractivity contribution in [3.63, 3.8) is 0 Å². The molecule has 1 aromatic heterocycles. The van der Waals surface area contributed by atoms with Gasteiger partial charge >= 0.3 is 0 Å². The second kappa shape index (κ2) is 7.55. The average Bonchev–Trinajstić information content (AvgIpc) is 2.85. The van der Waals surface area contributed by atoms with Crippen molar-refractivity contribution in [1.82, 2.24) is 9.99 Å². The number of halogens is 1. The molecule has 0 saturated carbocycles. The van der Waals surface area contributed by atoms with E-state index >= 15 is 0 Å². The molecule has 1 heterocycles. The van der Waals surface area contributed by atoms with Crippen molar-refractivity contribution >= 4 is 57.7 Å². The zero-order valence-corrected chi connectivity index (χ0v) is 14.9. The highest BCUT2D eigenvalue weighted by molar-refractivity contribution is 7.80. The van der Waals surface area contributed by atoms with E-state index < -0.39 is 0 Å². The van der Waals surface area contributed by atoms with E-state index in [0.717, 1.165) is 0 Å². The van der Waals surface area contributed by atoms with Crippen LogP contribution in [-0.2, 0) is 0 Å². The molecule has 0 atom stereocenters. The summed E-state index contributed by atoms with van der Waals surface area (Å²) in [4.78, 5) is 24.6. The van der Waals surface area contributed by atoms with Crippen molar-refractivity contribution in [2.45, 2.75) is 26.7 Å². The van der Waals surface area contributed by atoms with Crippen LogP contribution in [0, 0.1) is 0 Å². The van der Waals surface area contributed by atoms with Gasteiger partial charge in [-0.15, -0.1) is 0 Å². The van der Waals surface area contributed by atoms with E-state index in [-0.39, 0.29) is 28.4 Å². The van der Waals surface area contributed by atoms with Gasteiger partial charge in [0.25, 0.3) is 0 Å². The summed E-state index contributed by atoms with van der Waals surface area (Å²) >= 11 is 11.1. The van der Waals surface area contributed by atoms with Gasteiger partial charge in [-0.3, -0.25) is 19.6 Å². The molecule has 6 nitrogen and oxygen atoms in total. The molecule has 0 aliphatic rings. The second-order valence-corrected chi connectivity index (χ2v) is 5.80. The molecular formula is C16H17ClN4O2S. The van der Waals surface area contributed by atoms with Crippen LogP contribution in [0.15, 0.2) is 23.3 Å². The van der Waals surface area contributed by atoms with Gasteiger partial charge in [0.15, 0.2) is 10.9 Å². The first-order valence-electron chi connectivity index (χ1n) is 7.40. The van der Waals surface area contributed by atoms with Gasteiger partial charge in [0.05, 0.1) is 11.7 Å². The van der Waals surface area contributed by atoms with Gasteiger partial charge in [-0.1, -0.05) is 37.6 Å². The molecular weight excluding hydrogens is 348 g/mol. The molecule has 24 heavy (non-hydrogen) atoms. The number of Topliss-reactive ketones (excluding diaryl/α,β-unsaturated/α-hetero) is 1. The van der Waals surface area contributed by atoms with Crippen LogP contribution in [0.3, 0.4) is 0 Å². The van der Waals surface area contributed by atoms with Crippen molar-refractivity contribution in [2.75, 3.05) is 0 Å². The summed E-state index contributed by atoms with van der Waals surface area (Å²) in [6.07, 6.45) is 2.01. The fourth-order valence-corrected chi connectivity index (χ4v) is 2.80. The van der Waals surface area contributed by atoms with Crippen LogP contribution in [0.25, 0.3) is 10.9 Å². The Labute approximate surface area is 149 Å². The Hall–Kier alpha value is -2.25. The summed E-state index contributed by atoms with van der Waals surface area (Å²) in [6.45, 7) is 3.50. The minimum atomic E-state index is -0.205. The third-order valence-corrected chi connectivity index (χ3v) is 3.97. The fourth-order valence-electron chi connectivity index (χ4n) is 2.42. The van der Waals surface area contributed by atoms with Gasteiger partial charge in [0, 0.05) is 29.4 Å². The van der Waals surface area contributed by atoms with Gasteiger partial charge in [0.1, 0.15) is 5.15 Å². The summed E-state index contributed by atoms with van der Waals surface area (Å²) < 4.78 is 1.36. The highest BCUT2D eigenvalue weighted by atomic mass is 35.5. The molecule has 8 heteroatoms. The number of hydrogen-bond donors (Lipinski definition) is 2. The highest BCUT2D eigenvalue weighted by Crippen LogP contribution is 2.32. The number of nitrogens with zero attached hydrogens (tertiary/aromatic N) is 2. The number of rotatable bonds is 5. The average molecular weight is 365 g/mol. The summed E-state index contributed by atoms with van der Waals surface area (Å²) in [7, 11) is 0. The molecule has 0 bridgehead atoms. The van der Waals surface area contributed by atoms with Gasteiger partial charge < -0.3 is 5.73 Å². The number of fused-ring (bicyclic) bond motifs is 1.